The standard InChI is InChI=1S/C20H21FN4O2/c1-12-7-14(22)9-17-19(12)20(24-11-23-17)25-16-5-4-13(21)8-18(16)27-15-3-2-6-26-10-15/h4-5,7-9,11,15H,2-3,6,10,22H2,1H3,(H,23,24,25)/t15-/m1/s1. The van der Waals surface area contributed by atoms with Gasteiger partial charge in [-0.25, -0.2) is 14.4 Å². The molecule has 3 N–H and O–H groups in total. The predicted octanol–water partition coefficient (Wildman–Crippen LogP) is 3.96. The Hall–Kier alpha value is -2.93. The molecule has 7 heteroatoms. The number of aromatic nitrogens is 2. The van der Waals surface area contributed by atoms with Gasteiger partial charge in [0, 0.05) is 23.7 Å². The number of rotatable bonds is 4. The van der Waals surface area contributed by atoms with E-state index < -0.39 is 0 Å². The van der Waals surface area contributed by atoms with Gasteiger partial charge in [-0.1, -0.05) is 0 Å². The fourth-order valence-corrected chi connectivity index (χ4v) is 3.32. The summed E-state index contributed by atoms with van der Waals surface area (Å²) >= 11 is 0. The Morgan fingerprint density at radius 1 is 1.26 bits per heavy atom. The van der Waals surface area contributed by atoms with E-state index in [1.165, 1.54) is 18.5 Å². The minimum atomic E-state index is -0.358. The van der Waals surface area contributed by atoms with Crippen LogP contribution < -0.4 is 15.8 Å². The number of fused-ring (bicyclic) bond motifs is 1. The number of aryl methyl sites for hydroxylation is 1. The normalized spacial score (nSPS) is 17.0. The molecule has 0 radical (unpaired) electrons. The van der Waals surface area contributed by atoms with Crippen LogP contribution in [0.25, 0.3) is 10.9 Å². The Morgan fingerprint density at radius 3 is 2.96 bits per heavy atom. The third kappa shape index (κ3) is 3.78. The number of hydrogen-bond donors (Lipinski definition) is 2. The Morgan fingerprint density at radius 2 is 2.15 bits per heavy atom. The highest BCUT2D eigenvalue weighted by Gasteiger charge is 2.18. The highest BCUT2D eigenvalue weighted by atomic mass is 19.1. The fourth-order valence-electron chi connectivity index (χ4n) is 3.32. The van der Waals surface area contributed by atoms with Crippen molar-refractivity contribution >= 4 is 28.1 Å². The van der Waals surface area contributed by atoms with Crippen molar-refractivity contribution in [3.63, 3.8) is 0 Å². The third-order valence-electron chi connectivity index (χ3n) is 4.57. The molecule has 0 spiro atoms. The van der Waals surface area contributed by atoms with Crippen LogP contribution in [0.5, 0.6) is 5.75 Å². The summed E-state index contributed by atoms with van der Waals surface area (Å²) in [6.45, 7) is 3.20. The number of nitrogens with one attached hydrogen (secondary N) is 1. The topological polar surface area (TPSA) is 82.3 Å². The van der Waals surface area contributed by atoms with Crippen LogP contribution in [0.15, 0.2) is 36.7 Å². The van der Waals surface area contributed by atoms with E-state index in [2.05, 4.69) is 15.3 Å². The molecule has 0 bridgehead atoms. The molecule has 27 heavy (non-hydrogen) atoms. The number of nitrogens with two attached hydrogens (primary N) is 1. The van der Waals surface area contributed by atoms with Crippen molar-refractivity contribution in [2.24, 2.45) is 0 Å². The van der Waals surface area contributed by atoms with E-state index in [9.17, 15) is 4.39 Å². The second-order valence-corrected chi connectivity index (χ2v) is 6.68. The monoisotopic (exact) mass is 368 g/mol. The first-order chi connectivity index (χ1) is 13.1. The van der Waals surface area contributed by atoms with Gasteiger partial charge < -0.3 is 20.5 Å². The quantitative estimate of drug-likeness (QED) is 0.678. The van der Waals surface area contributed by atoms with Crippen LogP contribution in [0.3, 0.4) is 0 Å². The Labute approximate surface area is 156 Å². The van der Waals surface area contributed by atoms with Gasteiger partial charge in [-0.05, 0) is 49.6 Å². The molecule has 1 saturated heterocycles. The van der Waals surface area contributed by atoms with Crippen molar-refractivity contribution in [1.82, 2.24) is 9.97 Å². The molecule has 0 aliphatic carbocycles. The number of benzene rings is 2. The minimum Gasteiger partial charge on any atom is -0.486 e. The lowest BCUT2D eigenvalue weighted by Crippen LogP contribution is -2.28. The number of nitrogen functional groups attached to an aromatic ring is 1. The molecule has 1 aliphatic rings. The highest BCUT2D eigenvalue weighted by Crippen LogP contribution is 2.33. The van der Waals surface area contributed by atoms with Gasteiger partial charge in [0.1, 0.15) is 29.8 Å². The van der Waals surface area contributed by atoms with Gasteiger partial charge in [0.05, 0.1) is 17.8 Å². The third-order valence-corrected chi connectivity index (χ3v) is 4.57. The summed E-state index contributed by atoms with van der Waals surface area (Å²) < 4.78 is 25.3. The maximum Gasteiger partial charge on any atom is 0.146 e. The van der Waals surface area contributed by atoms with Gasteiger partial charge in [-0.2, -0.15) is 0 Å². The molecule has 2 heterocycles. The van der Waals surface area contributed by atoms with Gasteiger partial charge in [0.15, 0.2) is 0 Å². The average molecular weight is 368 g/mol. The molecule has 1 aliphatic heterocycles. The summed E-state index contributed by atoms with van der Waals surface area (Å²) in [5, 5.41) is 4.13. The molecular weight excluding hydrogens is 347 g/mol. The molecule has 0 unspecified atom stereocenters. The molecule has 2 aromatic carbocycles. The average Bonchev–Trinajstić information content (AvgIpc) is 2.64. The summed E-state index contributed by atoms with van der Waals surface area (Å²) in [6.07, 6.45) is 3.19. The summed E-state index contributed by atoms with van der Waals surface area (Å²) in [5.74, 6) is 0.697. The van der Waals surface area contributed by atoms with Crippen molar-refractivity contribution in [2.45, 2.75) is 25.9 Å². The molecule has 4 rings (SSSR count). The van der Waals surface area contributed by atoms with Crippen molar-refractivity contribution in [2.75, 3.05) is 24.3 Å². The SMILES string of the molecule is Cc1cc(N)cc2ncnc(Nc3ccc(F)cc3O[C@@H]3CCCOC3)c12. The number of nitrogens with zero attached hydrogens (tertiary/aromatic N) is 2. The lowest BCUT2D eigenvalue weighted by atomic mass is 10.1. The first-order valence-corrected chi connectivity index (χ1v) is 8.92. The van der Waals surface area contributed by atoms with Crippen molar-refractivity contribution in [1.29, 1.82) is 0 Å². The van der Waals surface area contributed by atoms with Gasteiger partial charge in [0.2, 0.25) is 0 Å². The van der Waals surface area contributed by atoms with Crippen LogP contribution in [0, 0.1) is 12.7 Å². The Balaban J connectivity index is 1.69. The van der Waals surface area contributed by atoms with E-state index in [1.54, 1.807) is 12.1 Å². The van der Waals surface area contributed by atoms with E-state index in [0.29, 0.717) is 29.5 Å². The van der Waals surface area contributed by atoms with Crippen LogP contribution in [-0.4, -0.2) is 29.3 Å². The number of hydrogen-bond acceptors (Lipinski definition) is 6. The van der Waals surface area contributed by atoms with E-state index in [1.807, 2.05) is 13.0 Å². The molecule has 1 atom stereocenters. The zero-order valence-electron chi connectivity index (χ0n) is 15.0. The second kappa shape index (κ2) is 7.36. The second-order valence-electron chi connectivity index (χ2n) is 6.68. The van der Waals surface area contributed by atoms with Crippen molar-refractivity contribution in [3.8, 4) is 5.75 Å². The maximum atomic E-state index is 13.8. The van der Waals surface area contributed by atoms with Gasteiger partial charge in [0.25, 0.3) is 0 Å². The summed E-state index contributed by atoms with van der Waals surface area (Å²) in [6, 6.07) is 8.09. The highest BCUT2D eigenvalue weighted by molar-refractivity contribution is 5.95. The predicted molar refractivity (Wildman–Crippen MR) is 103 cm³/mol. The van der Waals surface area contributed by atoms with E-state index >= 15 is 0 Å². The zero-order valence-corrected chi connectivity index (χ0v) is 15.0. The molecule has 0 amide bonds. The molecule has 1 fully saturated rings. The van der Waals surface area contributed by atoms with E-state index in [4.69, 9.17) is 15.2 Å². The van der Waals surface area contributed by atoms with Crippen LogP contribution in [-0.2, 0) is 4.74 Å². The largest absolute Gasteiger partial charge is 0.486 e. The van der Waals surface area contributed by atoms with E-state index in [0.717, 1.165) is 35.9 Å². The number of anilines is 3. The van der Waals surface area contributed by atoms with Crippen LogP contribution in [0.4, 0.5) is 21.6 Å². The van der Waals surface area contributed by atoms with Crippen molar-refractivity contribution in [3.05, 3.63) is 48.0 Å². The number of halogens is 1. The zero-order chi connectivity index (χ0) is 18.8. The molecule has 6 nitrogen and oxygen atoms in total. The van der Waals surface area contributed by atoms with Gasteiger partial charge >= 0.3 is 0 Å². The van der Waals surface area contributed by atoms with Crippen LogP contribution >= 0.6 is 0 Å². The summed E-state index contributed by atoms with van der Waals surface area (Å²) in [7, 11) is 0. The minimum absolute atomic E-state index is 0.0928. The van der Waals surface area contributed by atoms with Crippen LogP contribution in [0.2, 0.25) is 0 Å². The fraction of sp³-hybridized carbons (Fsp3) is 0.300. The lowest BCUT2D eigenvalue weighted by molar-refractivity contribution is 0.00763. The maximum absolute atomic E-state index is 13.8. The summed E-state index contributed by atoms with van der Waals surface area (Å²) in [4.78, 5) is 8.66. The lowest BCUT2D eigenvalue weighted by Gasteiger charge is -2.24. The molecule has 3 aromatic rings. The smallest absolute Gasteiger partial charge is 0.146 e. The molecule has 0 saturated carbocycles. The first-order valence-electron chi connectivity index (χ1n) is 8.92. The van der Waals surface area contributed by atoms with Gasteiger partial charge in [-0.15, -0.1) is 0 Å². The summed E-state index contributed by atoms with van der Waals surface area (Å²) in [5.41, 5.74) is 8.90. The van der Waals surface area contributed by atoms with Crippen molar-refractivity contribution < 1.29 is 13.9 Å². The Kier molecular flexibility index (Phi) is 4.77. The molecular formula is C20H21FN4O2. The molecule has 140 valence electrons. The van der Waals surface area contributed by atoms with Crippen LogP contribution in [0.1, 0.15) is 18.4 Å². The van der Waals surface area contributed by atoms with Gasteiger partial charge in [-0.3, -0.25) is 0 Å². The van der Waals surface area contributed by atoms with E-state index in [-0.39, 0.29) is 11.9 Å². The molecule has 1 aromatic heterocycles. The Bertz CT molecular complexity index is 974. The number of ether oxygens (including phenoxy) is 2. The first kappa shape index (κ1) is 17.5.